The molecule has 18 heavy (non-hydrogen) atoms. The van der Waals surface area contributed by atoms with Gasteiger partial charge in [0.15, 0.2) is 5.79 Å². The first-order valence-corrected chi connectivity index (χ1v) is 7.55. The molecule has 1 saturated heterocycles. The van der Waals surface area contributed by atoms with Crippen molar-refractivity contribution in [1.82, 2.24) is 5.32 Å². The van der Waals surface area contributed by atoms with E-state index in [1.165, 1.54) is 59.0 Å². The number of nitrogens with one attached hydrogen (secondary N) is 1. The van der Waals surface area contributed by atoms with Gasteiger partial charge in [-0.1, -0.05) is 25.7 Å². The highest BCUT2D eigenvalue weighted by Gasteiger charge is 2.23. The summed E-state index contributed by atoms with van der Waals surface area (Å²) in [5.41, 5.74) is 0. The smallest absolute Gasteiger partial charge is 0.156 e. The summed E-state index contributed by atoms with van der Waals surface area (Å²) in [5.74, 6) is 0.648. The summed E-state index contributed by atoms with van der Waals surface area (Å²) in [4.78, 5) is 0. The van der Waals surface area contributed by atoms with Gasteiger partial charge < -0.3 is 18.6 Å². The third-order valence-corrected chi connectivity index (χ3v) is 3.01. The maximum atomic E-state index is 8.08. The number of hydrogen-bond donors (Lipinski definition) is 3. The molecule has 1 saturated carbocycles. The highest BCUT2D eigenvalue weighted by Crippen LogP contribution is 2.31. The van der Waals surface area contributed by atoms with E-state index in [9.17, 15) is 0 Å². The molecule has 110 valence electrons. The molecule has 0 amide bonds. The minimum atomic E-state index is -1.50. The molecule has 0 aromatic carbocycles. The maximum Gasteiger partial charge on any atom is 0.156 e. The molecular formula is C13H28INO3. The summed E-state index contributed by atoms with van der Waals surface area (Å²) in [6.45, 7) is 5.20. The second kappa shape index (κ2) is 10.4. The Labute approximate surface area is 125 Å². The summed E-state index contributed by atoms with van der Waals surface area (Å²) in [5, 5.41) is 19.5. The van der Waals surface area contributed by atoms with Crippen LogP contribution >= 0.6 is 23.0 Å². The van der Waals surface area contributed by atoms with E-state index in [0.29, 0.717) is 0 Å². The lowest BCUT2D eigenvalue weighted by atomic mass is 9.89. The maximum absolute atomic E-state index is 8.08. The van der Waals surface area contributed by atoms with Gasteiger partial charge in [0, 0.05) is 7.11 Å². The van der Waals surface area contributed by atoms with Crippen molar-refractivity contribution < 1.29 is 13.3 Å². The summed E-state index contributed by atoms with van der Waals surface area (Å²) in [6, 6.07) is 0. The van der Waals surface area contributed by atoms with Gasteiger partial charge >= 0.3 is 0 Å². The molecule has 0 atom stereocenters. The molecule has 2 fully saturated rings. The number of aliphatic hydroxyl groups is 2. The number of halogens is 1. The lowest BCUT2D eigenvalue weighted by molar-refractivity contribution is -0.127. The van der Waals surface area contributed by atoms with Crippen LogP contribution in [-0.4, -0.2) is 36.2 Å². The van der Waals surface area contributed by atoms with Crippen molar-refractivity contribution in [2.75, 3.05) is 20.2 Å². The van der Waals surface area contributed by atoms with Crippen LogP contribution < -0.4 is 5.32 Å². The van der Waals surface area contributed by atoms with E-state index in [4.69, 9.17) is 10.2 Å². The Kier molecular flexibility index (Phi) is 10.7. The molecule has 5 heteroatoms. The van der Waals surface area contributed by atoms with E-state index >= 15 is 0 Å². The summed E-state index contributed by atoms with van der Waals surface area (Å²) in [6.07, 6.45) is 7.58. The normalized spacial score (nSPS) is 20.3. The Morgan fingerprint density at radius 1 is 1.17 bits per heavy atom. The SMILES string of the molecule is C1CCC(CC2CNC2)C1.CC(C)(O)O.COI. The van der Waals surface area contributed by atoms with Crippen molar-refractivity contribution in [3.63, 3.8) is 0 Å². The van der Waals surface area contributed by atoms with E-state index < -0.39 is 5.79 Å². The van der Waals surface area contributed by atoms with Gasteiger partial charge in [-0.25, -0.2) is 0 Å². The van der Waals surface area contributed by atoms with Crippen LogP contribution in [0.15, 0.2) is 0 Å². The van der Waals surface area contributed by atoms with Crippen LogP contribution in [0.1, 0.15) is 46.0 Å². The van der Waals surface area contributed by atoms with Crippen molar-refractivity contribution >= 4 is 23.0 Å². The largest absolute Gasteiger partial charge is 0.366 e. The van der Waals surface area contributed by atoms with E-state index in [2.05, 4.69) is 8.38 Å². The van der Waals surface area contributed by atoms with Gasteiger partial charge in [0.1, 0.15) is 23.0 Å². The molecule has 2 rings (SSSR count). The first kappa shape index (κ1) is 18.6. The molecule has 1 aliphatic heterocycles. The minimum Gasteiger partial charge on any atom is -0.366 e. The monoisotopic (exact) mass is 373 g/mol. The van der Waals surface area contributed by atoms with Crippen LogP contribution in [0, 0.1) is 11.8 Å². The van der Waals surface area contributed by atoms with Crippen molar-refractivity contribution in [2.24, 2.45) is 11.8 Å². The fourth-order valence-electron chi connectivity index (χ4n) is 2.23. The summed E-state index contributed by atoms with van der Waals surface area (Å²) >= 11 is 1.79. The first-order valence-electron chi connectivity index (χ1n) is 6.67. The fourth-order valence-corrected chi connectivity index (χ4v) is 2.23. The molecule has 4 nitrogen and oxygen atoms in total. The first-order chi connectivity index (χ1) is 8.36. The average molecular weight is 373 g/mol. The van der Waals surface area contributed by atoms with Gasteiger partial charge in [-0.05, 0) is 45.2 Å². The Bertz CT molecular complexity index is 181. The number of hydrogen-bond acceptors (Lipinski definition) is 4. The molecule has 0 aromatic heterocycles. The van der Waals surface area contributed by atoms with E-state index in [1.807, 2.05) is 0 Å². The Hall–Kier alpha value is 0.570. The highest BCUT2D eigenvalue weighted by molar-refractivity contribution is 14.1. The lowest BCUT2D eigenvalue weighted by Gasteiger charge is -2.29. The van der Waals surface area contributed by atoms with E-state index in [-0.39, 0.29) is 0 Å². The topological polar surface area (TPSA) is 61.7 Å². The van der Waals surface area contributed by atoms with Crippen LogP contribution in [0.2, 0.25) is 0 Å². The van der Waals surface area contributed by atoms with Crippen LogP contribution in [-0.2, 0) is 3.07 Å². The second-order valence-electron chi connectivity index (χ2n) is 5.56. The summed E-state index contributed by atoms with van der Waals surface area (Å²) in [7, 11) is 1.61. The van der Waals surface area contributed by atoms with Gasteiger partial charge in [-0.15, -0.1) is 0 Å². The Balaban J connectivity index is 0.000000309. The molecule has 0 aromatic rings. The minimum absolute atomic E-state index is 1.04. The third kappa shape index (κ3) is 13.0. The van der Waals surface area contributed by atoms with Gasteiger partial charge in [-0.2, -0.15) is 0 Å². The van der Waals surface area contributed by atoms with Gasteiger partial charge in [0.25, 0.3) is 0 Å². The zero-order valence-electron chi connectivity index (χ0n) is 11.8. The molecule has 0 spiro atoms. The zero-order chi connectivity index (χ0) is 14.0. The molecule has 0 radical (unpaired) electrons. The second-order valence-corrected chi connectivity index (χ2v) is 6.44. The molecule has 0 bridgehead atoms. The van der Waals surface area contributed by atoms with Crippen molar-refractivity contribution in [3.05, 3.63) is 0 Å². The Morgan fingerprint density at radius 3 is 1.83 bits per heavy atom. The molecule has 1 aliphatic carbocycles. The quantitative estimate of drug-likeness (QED) is 0.514. The highest BCUT2D eigenvalue weighted by atomic mass is 127. The van der Waals surface area contributed by atoms with Crippen molar-refractivity contribution in [2.45, 2.75) is 51.7 Å². The van der Waals surface area contributed by atoms with E-state index in [0.717, 1.165) is 11.8 Å². The summed E-state index contributed by atoms with van der Waals surface area (Å²) < 4.78 is 4.22. The van der Waals surface area contributed by atoms with Crippen molar-refractivity contribution in [3.8, 4) is 0 Å². The standard InChI is InChI=1S/C9H17N.C3H8O2.CH3IO/c1-2-4-8(3-1)5-9-6-10-7-9;1-3(2,4)5;1-3-2/h8-10H,1-7H2;4-5H,1-2H3;1H3. The molecular weight excluding hydrogens is 345 g/mol. The van der Waals surface area contributed by atoms with Gasteiger partial charge in [0.05, 0.1) is 0 Å². The molecule has 2 aliphatic rings. The van der Waals surface area contributed by atoms with E-state index in [1.54, 1.807) is 30.1 Å². The molecule has 0 unspecified atom stereocenters. The van der Waals surface area contributed by atoms with Gasteiger partial charge in [-0.3, -0.25) is 0 Å². The van der Waals surface area contributed by atoms with Crippen LogP contribution in [0.3, 0.4) is 0 Å². The van der Waals surface area contributed by atoms with Crippen LogP contribution in [0.4, 0.5) is 0 Å². The Morgan fingerprint density at radius 2 is 1.56 bits per heavy atom. The zero-order valence-corrected chi connectivity index (χ0v) is 13.9. The fraction of sp³-hybridized carbons (Fsp3) is 1.00. The predicted molar refractivity (Wildman–Crippen MR) is 82.5 cm³/mol. The molecule has 3 N–H and O–H groups in total. The average Bonchev–Trinajstić information content (AvgIpc) is 2.62. The third-order valence-electron chi connectivity index (χ3n) is 3.01. The number of rotatable bonds is 2. The predicted octanol–water partition coefficient (Wildman–Crippen LogP) is 2.48. The van der Waals surface area contributed by atoms with Crippen LogP contribution in [0.25, 0.3) is 0 Å². The molecule has 1 heterocycles. The van der Waals surface area contributed by atoms with Crippen LogP contribution in [0.5, 0.6) is 0 Å². The van der Waals surface area contributed by atoms with Crippen molar-refractivity contribution in [1.29, 1.82) is 0 Å². The van der Waals surface area contributed by atoms with Gasteiger partial charge in [0.2, 0.25) is 0 Å². The lowest BCUT2D eigenvalue weighted by Crippen LogP contribution is -2.42.